The van der Waals surface area contributed by atoms with Crippen molar-refractivity contribution in [3.05, 3.63) is 130 Å². The van der Waals surface area contributed by atoms with Gasteiger partial charge < -0.3 is 10.2 Å². The Morgan fingerprint density at radius 1 is 0.571 bits per heavy atom. The summed E-state index contributed by atoms with van der Waals surface area (Å²) in [5, 5.41) is 23.0. The molecule has 0 aromatic heterocycles. The summed E-state index contributed by atoms with van der Waals surface area (Å²) in [5.41, 5.74) is 5.74. The van der Waals surface area contributed by atoms with Gasteiger partial charge in [0.05, 0.1) is 13.1 Å². The van der Waals surface area contributed by atoms with Gasteiger partial charge in [0.1, 0.15) is 0 Å². The molecular weight excluding hydrogens is 479 g/mol. The van der Waals surface area contributed by atoms with E-state index in [1.807, 2.05) is 98.8 Å². The Kier molecular flexibility index (Phi) is 11.5. The van der Waals surface area contributed by atoms with Crippen LogP contribution in [-0.4, -0.2) is 12.4 Å². The number of rotatable bonds is 6. The minimum Gasteiger partial charge on any atom is -0.872 e. The van der Waals surface area contributed by atoms with E-state index in [0.29, 0.717) is 24.2 Å². The fourth-order valence-corrected chi connectivity index (χ4v) is 3.20. The van der Waals surface area contributed by atoms with Crippen molar-refractivity contribution >= 4 is 12.4 Å². The summed E-state index contributed by atoms with van der Waals surface area (Å²) < 4.78 is 0. The topological polar surface area (TPSA) is 70.8 Å². The molecule has 4 aromatic carbocycles. The summed E-state index contributed by atoms with van der Waals surface area (Å²) in [6.45, 7) is 5.14. The molecule has 179 valence electrons. The molecule has 0 spiro atoms. The molecule has 4 aromatic rings. The average Bonchev–Trinajstić information content (AvgIpc) is 2.85. The summed E-state index contributed by atoms with van der Waals surface area (Å²) in [7, 11) is 0. The second-order valence-electron chi connectivity index (χ2n) is 7.99. The van der Waals surface area contributed by atoms with Crippen LogP contribution < -0.4 is 10.2 Å². The van der Waals surface area contributed by atoms with Crippen molar-refractivity contribution in [1.82, 2.24) is 0 Å². The molecule has 35 heavy (non-hydrogen) atoms. The van der Waals surface area contributed by atoms with Crippen molar-refractivity contribution in [1.29, 1.82) is 0 Å². The molecule has 0 unspecified atom stereocenters. The van der Waals surface area contributed by atoms with Crippen LogP contribution in [0.5, 0.6) is 11.5 Å². The maximum absolute atomic E-state index is 11.5. The van der Waals surface area contributed by atoms with E-state index in [1.165, 1.54) is 0 Å². The van der Waals surface area contributed by atoms with Gasteiger partial charge >= 0.3 is 16.8 Å². The summed E-state index contributed by atoms with van der Waals surface area (Å²) in [5.74, 6) is 0.0415. The van der Waals surface area contributed by atoms with Crippen molar-refractivity contribution in [2.45, 2.75) is 26.9 Å². The molecule has 5 heteroatoms. The van der Waals surface area contributed by atoms with Gasteiger partial charge in [0.25, 0.3) is 0 Å². The molecule has 4 rings (SSSR count). The van der Waals surface area contributed by atoms with Crippen molar-refractivity contribution < 1.29 is 27.0 Å². The molecule has 0 aliphatic carbocycles. The zero-order chi connectivity index (χ0) is 24.2. The number of hydrogen-bond donors (Lipinski definition) is 0. The van der Waals surface area contributed by atoms with E-state index in [0.717, 1.165) is 22.3 Å². The van der Waals surface area contributed by atoms with Crippen LogP contribution in [0.15, 0.2) is 107 Å². The van der Waals surface area contributed by atoms with Crippen LogP contribution in [0, 0.1) is 13.8 Å². The maximum atomic E-state index is 11.5. The Hall–Kier alpha value is -3.67. The number of hydrogen-bond acceptors (Lipinski definition) is 4. The predicted octanol–water partition coefficient (Wildman–Crippen LogP) is 5.37. The number of aliphatic imine (C=N–C) groups is 2. The van der Waals surface area contributed by atoms with Gasteiger partial charge in [-0.2, -0.15) is 0 Å². The van der Waals surface area contributed by atoms with Crippen molar-refractivity contribution in [3.8, 4) is 11.5 Å². The van der Waals surface area contributed by atoms with Crippen molar-refractivity contribution in [3.63, 3.8) is 0 Å². The van der Waals surface area contributed by atoms with Gasteiger partial charge in [0.15, 0.2) is 0 Å². The van der Waals surface area contributed by atoms with Crippen LogP contribution in [0.3, 0.4) is 0 Å². The zero-order valence-corrected chi connectivity index (χ0v) is 20.9. The van der Waals surface area contributed by atoms with Crippen LogP contribution in [0.1, 0.15) is 33.4 Å². The Balaban J connectivity index is 0.000000240. The van der Waals surface area contributed by atoms with Crippen LogP contribution in [-0.2, 0) is 29.9 Å². The maximum Gasteiger partial charge on any atom is 2.00 e. The fraction of sp³-hybridized carbons (Fsp3) is 0.133. The molecule has 1 radical (unpaired) electrons. The van der Waals surface area contributed by atoms with Gasteiger partial charge in [-0.1, -0.05) is 108 Å². The first-order valence-corrected chi connectivity index (χ1v) is 11.1. The van der Waals surface area contributed by atoms with Crippen LogP contribution in [0.4, 0.5) is 0 Å². The minimum absolute atomic E-state index is 0. The van der Waals surface area contributed by atoms with E-state index in [2.05, 4.69) is 9.98 Å². The predicted molar refractivity (Wildman–Crippen MR) is 137 cm³/mol. The molecule has 4 nitrogen and oxygen atoms in total. The molecule has 0 saturated heterocycles. The number of benzene rings is 4. The largest absolute Gasteiger partial charge is 2.00 e. The Morgan fingerprint density at radius 2 is 0.943 bits per heavy atom. The molecule has 0 aliphatic rings. The first-order chi connectivity index (χ1) is 16.5. The van der Waals surface area contributed by atoms with Crippen LogP contribution in [0.2, 0.25) is 0 Å². The summed E-state index contributed by atoms with van der Waals surface area (Å²) in [4.78, 5) is 8.58. The van der Waals surface area contributed by atoms with E-state index in [9.17, 15) is 10.2 Å². The Labute approximate surface area is 217 Å². The second kappa shape index (κ2) is 14.6. The standard InChI is InChI=1S/2C15H15NO.Co/c2*1-12-7-8-15(17)14(9-12)11-16-10-13-5-3-2-4-6-13;/h2*2-9,11,17H,10H2,1H3;/q;;+2/p-2. The van der Waals surface area contributed by atoms with E-state index < -0.39 is 0 Å². The third-order valence-corrected chi connectivity index (χ3v) is 5.02. The van der Waals surface area contributed by atoms with Crippen molar-refractivity contribution in [2.75, 3.05) is 0 Å². The van der Waals surface area contributed by atoms with Crippen LogP contribution >= 0.6 is 0 Å². The van der Waals surface area contributed by atoms with Crippen LogP contribution in [0.25, 0.3) is 0 Å². The van der Waals surface area contributed by atoms with E-state index in [1.54, 1.807) is 24.6 Å². The quantitative estimate of drug-likeness (QED) is 0.329. The summed E-state index contributed by atoms with van der Waals surface area (Å²) >= 11 is 0. The van der Waals surface area contributed by atoms with Gasteiger partial charge in [0.2, 0.25) is 0 Å². The molecule has 0 amide bonds. The normalized spacial score (nSPS) is 10.6. The minimum atomic E-state index is 0. The number of aryl methyl sites for hydroxylation is 2. The molecule has 0 aliphatic heterocycles. The molecule has 0 bridgehead atoms. The SMILES string of the molecule is Cc1ccc([O-])c(C=NCc2ccccc2)c1.Cc1ccc([O-])c(C=NCc2ccccc2)c1.[Co+2]. The third kappa shape index (κ3) is 9.61. The Morgan fingerprint density at radius 3 is 1.31 bits per heavy atom. The molecule has 0 atom stereocenters. The van der Waals surface area contributed by atoms with Gasteiger partial charge in [-0.3, -0.25) is 9.98 Å². The molecule has 0 N–H and O–H groups in total. The van der Waals surface area contributed by atoms with Gasteiger partial charge in [0, 0.05) is 12.4 Å². The first kappa shape index (κ1) is 27.6. The smallest absolute Gasteiger partial charge is 0.872 e. The molecule has 0 heterocycles. The van der Waals surface area contributed by atoms with Gasteiger partial charge in [-0.15, -0.1) is 11.5 Å². The van der Waals surface area contributed by atoms with Gasteiger partial charge in [-0.25, -0.2) is 0 Å². The van der Waals surface area contributed by atoms with Crippen molar-refractivity contribution in [2.24, 2.45) is 9.98 Å². The zero-order valence-electron chi connectivity index (χ0n) is 19.9. The summed E-state index contributed by atoms with van der Waals surface area (Å²) in [6, 6.07) is 30.5. The fourth-order valence-electron chi connectivity index (χ4n) is 3.20. The average molecular weight is 507 g/mol. The van der Waals surface area contributed by atoms with E-state index in [4.69, 9.17) is 0 Å². The van der Waals surface area contributed by atoms with Gasteiger partial charge in [-0.05, 0) is 36.1 Å². The first-order valence-electron chi connectivity index (χ1n) is 11.1. The number of nitrogens with zero attached hydrogens (tertiary/aromatic N) is 2. The summed E-state index contributed by atoms with van der Waals surface area (Å²) in [6.07, 6.45) is 3.31. The van der Waals surface area contributed by atoms with E-state index in [-0.39, 0.29) is 28.3 Å². The molecular formula is C30H28CoN2O2. The molecule has 0 fully saturated rings. The monoisotopic (exact) mass is 507 g/mol. The Bertz CT molecular complexity index is 1140. The third-order valence-electron chi connectivity index (χ3n) is 5.02. The second-order valence-corrected chi connectivity index (χ2v) is 7.99. The molecule has 0 saturated carbocycles. The van der Waals surface area contributed by atoms with E-state index >= 15 is 0 Å².